The van der Waals surface area contributed by atoms with Gasteiger partial charge in [-0.1, -0.05) is 13.3 Å². The highest BCUT2D eigenvalue weighted by Crippen LogP contribution is 2.25. The number of carbonyl (C=O) groups is 1. The van der Waals surface area contributed by atoms with Gasteiger partial charge in [0.1, 0.15) is 0 Å². The van der Waals surface area contributed by atoms with Crippen molar-refractivity contribution in [2.24, 2.45) is 0 Å². The average Bonchev–Trinajstić information content (AvgIpc) is 2.54. The van der Waals surface area contributed by atoms with Crippen LogP contribution in [0.15, 0.2) is 0 Å². The van der Waals surface area contributed by atoms with E-state index in [1.807, 2.05) is 0 Å². The number of rotatable bonds is 6. The second-order valence-corrected chi connectivity index (χ2v) is 7.81. The van der Waals surface area contributed by atoms with Crippen LogP contribution in [0.5, 0.6) is 0 Å². The van der Waals surface area contributed by atoms with Crippen LogP contribution in [0, 0.1) is 0 Å². The minimum absolute atomic E-state index is 0.0234. The molecule has 1 aliphatic heterocycles. The Morgan fingerprint density at radius 2 is 2.11 bits per heavy atom. The molecule has 1 rings (SSSR count). The second-order valence-electron chi connectivity index (χ2n) is 4.31. The highest BCUT2D eigenvalue weighted by atomic mass is 32.2. The van der Waals surface area contributed by atoms with Crippen LogP contribution < -0.4 is 5.32 Å². The molecule has 0 aromatic heterocycles. The van der Waals surface area contributed by atoms with E-state index in [-0.39, 0.29) is 22.8 Å². The van der Waals surface area contributed by atoms with Crippen LogP contribution in [0.3, 0.4) is 0 Å². The van der Waals surface area contributed by atoms with Gasteiger partial charge in [0.25, 0.3) is 0 Å². The van der Waals surface area contributed by atoms with Gasteiger partial charge in [0.05, 0.1) is 24.2 Å². The zero-order valence-corrected chi connectivity index (χ0v) is 12.5. The minimum atomic E-state index is -3.03. The normalized spacial score (nSPS) is 25.9. The van der Waals surface area contributed by atoms with E-state index in [1.165, 1.54) is 0 Å². The number of amides is 1. The lowest BCUT2D eigenvalue weighted by atomic mass is 10.2. The summed E-state index contributed by atoms with van der Waals surface area (Å²) in [7, 11) is -3.03. The summed E-state index contributed by atoms with van der Waals surface area (Å²) in [6.07, 6.45) is 1.62. The number of carbonyl (C=O) groups excluding carboxylic acids is 1. The number of hydrogen-bond donors (Lipinski definition) is 1. The van der Waals surface area contributed by atoms with Gasteiger partial charge in [-0.3, -0.25) is 0 Å². The predicted molar refractivity (Wildman–Crippen MR) is 73.8 cm³/mol. The fourth-order valence-corrected chi connectivity index (χ4v) is 5.83. The lowest BCUT2D eigenvalue weighted by Gasteiger charge is -2.18. The molecule has 1 heterocycles. The van der Waals surface area contributed by atoms with Crippen LogP contribution in [-0.2, 0) is 14.6 Å². The van der Waals surface area contributed by atoms with Crippen LogP contribution in [0.4, 0.5) is 4.79 Å². The molecule has 1 fully saturated rings. The van der Waals surface area contributed by atoms with Gasteiger partial charge in [0.2, 0.25) is 0 Å². The Morgan fingerprint density at radius 1 is 1.39 bits per heavy atom. The van der Waals surface area contributed by atoms with Gasteiger partial charge >= 0.3 is 6.09 Å². The zero-order valence-electron chi connectivity index (χ0n) is 10.8. The number of ether oxygens (including phenoxy) is 1. The Labute approximate surface area is 113 Å². The summed E-state index contributed by atoms with van der Waals surface area (Å²) in [6.45, 7) is 4.11. The van der Waals surface area contributed by atoms with E-state index in [0.29, 0.717) is 6.61 Å². The summed E-state index contributed by atoms with van der Waals surface area (Å²) >= 11 is 1.63. The van der Waals surface area contributed by atoms with E-state index in [0.717, 1.165) is 18.6 Å². The zero-order chi connectivity index (χ0) is 13.6. The minimum Gasteiger partial charge on any atom is -0.450 e. The summed E-state index contributed by atoms with van der Waals surface area (Å²) in [5.74, 6) is 1.10. The first-order chi connectivity index (χ1) is 8.48. The lowest BCUT2D eigenvalue weighted by Crippen LogP contribution is -2.41. The van der Waals surface area contributed by atoms with E-state index in [1.54, 1.807) is 18.7 Å². The first-order valence-electron chi connectivity index (χ1n) is 6.23. The number of hydrogen-bond acceptors (Lipinski definition) is 5. The number of unbranched alkanes of at least 4 members (excludes halogenated alkanes) is 1. The molecular weight excluding hydrogens is 274 g/mol. The molecule has 1 saturated heterocycles. The summed E-state index contributed by atoms with van der Waals surface area (Å²) in [5.41, 5.74) is 0. The molecule has 7 heteroatoms. The Balaban J connectivity index is 2.53. The Morgan fingerprint density at radius 3 is 2.72 bits per heavy atom. The smallest absolute Gasteiger partial charge is 0.407 e. The predicted octanol–water partition coefficient (Wildman–Crippen LogP) is 1.43. The van der Waals surface area contributed by atoms with Crippen molar-refractivity contribution in [3.63, 3.8) is 0 Å². The largest absolute Gasteiger partial charge is 0.450 e. The van der Waals surface area contributed by atoms with Gasteiger partial charge in [-0.15, -0.1) is 0 Å². The molecule has 1 aliphatic rings. The molecule has 0 aromatic carbocycles. The maximum atomic E-state index is 11.6. The third-order valence-corrected chi connectivity index (χ3v) is 6.10. The van der Waals surface area contributed by atoms with Crippen LogP contribution >= 0.6 is 11.8 Å². The molecule has 106 valence electrons. The van der Waals surface area contributed by atoms with Gasteiger partial charge in [0, 0.05) is 5.25 Å². The highest BCUT2D eigenvalue weighted by molar-refractivity contribution is 8.01. The second kappa shape index (κ2) is 7.23. The molecule has 1 N–H and O–H groups in total. The molecule has 0 bridgehead atoms. The molecule has 0 radical (unpaired) electrons. The molecule has 0 unspecified atom stereocenters. The quantitative estimate of drug-likeness (QED) is 0.751. The molecule has 5 nitrogen and oxygen atoms in total. The lowest BCUT2D eigenvalue weighted by molar-refractivity contribution is 0.149. The monoisotopic (exact) mass is 295 g/mol. The topological polar surface area (TPSA) is 72.5 Å². The first kappa shape index (κ1) is 15.6. The first-order valence-corrected chi connectivity index (χ1v) is 9.10. The van der Waals surface area contributed by atoms with E-state index in [4.69, 9.17) is 4.74 Å². The molecule has 0 spiro atoms. The Kier molecular flexibility index (Phi) is 6.28. The van der Waals surface area contributed by atoms with E-state index < -0.39 is 15.9 Å². The van der Waals surface area contributed by atoms with Crippen molar-refractivity contribution in [3.05, 3.63) is 0 Å². The van der Waals surface area contributed by atoms with E-state index in [2.05, 4.69) is 12.2 Å². The molecule has 18 heavy (non-hydrogen) atoms. The van der Waals surface area contributed by atoms with Crippen LogP contribution in [0.1, 0.15) is 26.7 Å². The third kappa shape index (κ3) is 5.06. The van der Waals surface area contributed by atoms with Crippen molar-refractivity contribution < 1.29 is 17.9 Å². The van der Waals surface area contributed by atoms with Gasteiger partial charge in [-0.25, -0.2) is 13.2 Å². The SMILES string of the molecule is CCCCS[C@H]1CS(=O)(=O)C[C@H]1NC(=O)OCC. The van der Waals surface area contributed by atoms with Gasteiger partial charge < -0.3 is 10.1 Å². The molecule has 2 atom stereocenters. The molecule has 0 aliphatic carbocycles. The van der Waals surface area contributed by atoms with Crippen molar-refractivity contribution in [2.45, 2.75) is 38.0 Å². The Bertz CT molecular complexity index is 369. The maximum Gasteiger partial charge on any atom is 0.407 e. The summed E-state index contributed by atoms with van der Waals surface area (Å²) in [4.78, 5) is 11.3. The number of sulfone groups is 1. The molecule has 1 amide bonds. The summed E-state index contributed by atoms with van der Waals surface area (Å²) < 4.78 is 28.0. The van der Waals surface area contributed by atoms with Crippen molar-refractivity contribution in [1.82, 2.24) is 5.32 Å². The van der Waals surface area contributed by atoms with Gasteiger partial charge in [-0.05, 0) is 19.1 Å². The standard InChI is InChI=1S/C11H21NO4S2/c1-3-5-6-17-10-8-18(14,15)7-9(10)12-11(13)16-4-2/h9-10H,3-8H2,1-2H3,(H,12,13)/t9-,10+/m1/s1. The van der Waals surface area contributed by atoms with Crippen molar-refractivity contribution in [3.8, 4) is 0 Å². The van der Waals surface area contributed by atoms with Crippen LogP contribution in [0.25, 0.3) is 0 Å². The fraction of sp³-hybridized carbons (Fsp3) is 0.909. The summed E-state index contributed by atoms with van der Waals surface area (Å²) in [5, 5.41) is 2.60. The number of nitrogens with one attached hydrogen (secondary N) is 1. The molecular formula is C11H21NO4S2. The molecule has 0 saturated carbocycles. The van der Waals surface area contributed by atoms with Crippen molar-refractivity contribution in [1.29, 1.82) is 0 Å². The highest BCUT2D eigenvalue weighted by Gasteiger charge is 2.38. The van der Waals surface area contributed by atoms with E-state index >= 15 is 0 Å². The van der Waals surface area contributed by atoms with Crippen LogP contribution in [0.2, 0.25) is 0 Å². The average molecular weight is 295 g/mol. The van der Waals surface area contributed by atoms with E-state index in [9.17, 15) is 13.2 Å². The molecule has 0 aromatic rings. The van der Waals surface area contributed by atoms with Crippen molar-refractivity contribution >= 4 is 27.7 Å². The van der Waals surface area contributed by atoms with Crippen molar-refractivity contribution in [2.75, 3.05) is 23.9 Å². The number of thioether (sulfide) groups is 1. The number of alkyl carbamates (subject to hydrolysis) is 1. The van der Waals surface area contributed by atoms with Crippen LogP contribution in [-0.4, -0.2) is 49.7 Å². The third-order valence-electron chi connectivity index (χ3n) is 2.71. The maximum absolute atomic E-state index is 11.6. The Hall–Kier alpha value is -0.430. The van der Waals surface area contributed by atoms with Gasteiger partial charge in [-0.2, -0.15) is 11.8 Å². The summed E-state index contributed by atoms with van der Waals surface area (Å²) in [6, 6.07) is -0.323. The van der Waals surface area contributed by atoms with Gasteiger partial charge in [0.15, 0.2) is 9.84 Å². The fourth-order valence-electron chi connectivity index (χ4n) is 1.82.